The maximum Gasteiger partial charge on any atom is 0.416 e. The number of hydrogen-bond donors (Lipinski definition) is 0. The molecule has 1 aliphatic carbocycles. The normalized spacial score (nSPS) is 25.1. The number of alkyl halides is 5. The zero-order chi connectivity index (χ0) is 17.8. The summed E-state index contributed by atoms with van der Waals surface area (Å²) in [7, 11) is 0. The molecule has 1 aromatic rings. The van der Waals surface area contributed by atoms with Gasteiger partial charge in [-0.25, -0.2) is 4.79 Å². The molecule has 1 aromatic carbocycles. The monoisotopic (exact) mass is 401 g/mol. The Hall–Kier alpha value is -1.16. The van der Waals surface area contributed by atoms with E-state index in [0.29, 0.717) is 11.3 Å². The average molecular weight is 402 g/mol. The molecule has 1 saturated heterocycles. The summed E-state index contributed by atoms with van der Waals surface area (Å²) in [6, 6.07) is 2.86. The number of carbonyl (C=O) groups is 1. The van der Waals surface area contributed by atoms with E-state index in [1.807, 2.05) is 0 Å². The minimum Gasteiger partial charge on any atom is -0.272 e. The number of hydrazine groups is 1. The number of amides is 2. The van der Waals surface area contributed by atoms with Gasteiger partial charge in [-0.1, -0.05) is 51.2 Å². The second-order valence-electron chi connectivity index (χ2n) is 5.31. The summed E-state index contributed by atoms with van der Waals surface area (Å²) in [6.07, 6.45) is -5.19. The Labute approximate surface area is 149 Å². The summed E-state index contributed by atoms with van der Waals surface area (Å²) in [5.41, 5.74) is -1.07. The highest BCUT2D eigenvalue weighted by atomic mass is 35.5. The molecule has 0 N–H and O–H groups in total. The van der Waals surface area contributed by atoms with Gasteiger partial charge < -0.3 is 0 Å². The van der Waals surface area contributed by atoms with Crippen LogP contribution in [-0.4, -0.2) is 32.3 Å². The van der Waals surface area contributed by atoms with Gasteiger partial charge in [0.1, 0.15) is 6.17 Å². The molecule has 1 aliphatic heterocycles. The van der Waals surface area contributed by atoms with Gasteiger partial charge in [0.15, 0.2) is 4.96 Å². The Morgan fingerprint density at radius 3 is 2.42 bits per heavy atom. The average Bonchev–Trinajstić information content (AvgIpc) is 3.14. The number of halogens is 6. The molecule has 0 radical (unpaired) electrons. The Balaban J connectivity index is 2.04. The Morgan fingerprint density at radius 1 is 1.29 bits per heavy atom. The molecular weight excluding hydrogens is 393 g/mol. The van der Waals surface area contributed by atoms with Gasteiger partial charge in [-0.3, -0.25) is 4.90 Å². The molecule has 2 aliphatic rings. The van der Waals surface area contributed by atoms with E-state index in [1.54, 1.807) is 0 Å². The molecule has 0 spiro atoms. The molecule has 0 aromatic heterocycles. The first-order valence-electron chi connectivity index (χ1n) is 6.68. The summed E-state index contributed by atoms with van der Waals surface area (Å²) >= 11 is 16.5. The lowest BCUT2D eigenvalue weighted by Crippen LogP contribution is -2.45. The van der Waals surface area contributed by atoms with E-state index in [1.165, 1.54) is 6.07 Å². The lowest BCUT2D eigenvalue weighted by molar-refractivity contribution is -0.137. The Morgan fingerprint density at radius 2 is 1.92 bits per heavy atom. The van der Waals surface area contributed by atoms with Crippen LogP contribution in [0.3, 0.4) is 0 Å². The van der Waals surface area contributed by atoms with Gasteiger partial charge in [0.05, 0.1) is 5.56 Å². The smallest absolute Gasteiger partial charge is 0.272 e. The summed E-state index contributed by atoms with van der Waals surface area (Å²) in [5, 5.41) is 0.451. The zero-order valence-corrected chi connectivity index (χ0v) is 14.0. The third-order valence-electron chi connectivity index (χ3n) is 3.79. The van der Waals surface area contributed by atoms with Gasteiger partial charge in [0, 0.05) is 16.5 Å². The Bertz CT molecular complexity index is 702. The lowest BCUT2D eigenvalue weighted by atomic mass is 10.1. The van der Waals surface area contributed by atoms with Crippen LogP contribution >= 0.6 is 35.4 Å². The van der Waals surface area contributed by atoms with E-state index in [-0.39, 0.29) is 10.9 Å². The summed E-state index contributed by atoms with van der Waals surface area (Å²) in [5.74, 6) is -0.403. The summed E-state index contributed by atoms with van der Waals surface area (Å²) < 4.78 is 52.9. The number of carbonyl (C=O) groups excluding carboxylic acids is 1. The number of anilines is 1. The molecule has 3 rings (SSSR count). The molecule has 1 heterocycles. The fourth-order valence-corrected chi connectivity index (χ4v) is 3.29. The van der Waals surface area contributed by atoms with Gasteiger partial charge in [-0.2, -0.15) is 13.2 Å². The van der Waals surface area contributed by atoms with Crippen LogP contribution in [0.25, 0.3) is 0 Å². The van der Waals surface area contributed by atoms with Crippen LogP contribution in [0.2, 0.25) is 0 Å². The minimum atomic E-state index is -4.60. The molecule has 0 bridgehead atoms. The molecule has 4 nitrogen and oxygen atoms in total. The fraction of sp³-hybridized carbons (Fsp3) is 0.385. The molecule has 2 amide bonds. The molecule has 2 unspecified atom stereocenters. The standard InChI is InChI=1S/C13H9Cl2F4N3OS/c14-11(15)21-10(8-5-9(8)24)20(12(23)22(21)19)7-3-1-2-6(4-7)13(16,17)18/h1-4,8,10-11H,5H2. The van der Waals surface area contributed by atoms with Crippen molar-refractivity contribution in [1.82, 2.24) is 10.2 Å². The first kappa shape index (κ1) is 17.7. The number of nitrogens with zero attached hydrogens (tertiary/aromatic N) is 3. The predicted octanol–water partition coefficient (Wildman–Crippen LogP) is 4.53. The number of rotatable bonds is 3. The van der Waals surface area contributed by atoms with Gasteiger partial charge >= 0.3 is 12.2 Å². The lowest BCUT2D eigenvalue weighted by Gasteiger charge is -2.28. The van der Waals surface area contributed by atoms with Crippen LogP contribution in [-0.2, 0) is 6.18 Å². The molecule has 2 fully saturated rings. The second-order valence-corrected chi connectivity index (χ2v) is 6.88. The van der Waals surface area contributed by atoms with Gasteiger partial charge in [0.25, 0.3) is 0 Å². The number of benzene rings is 1. The third kappa shape index (κ3) is 2.94. The minimum absolute atomic E-state index is 0.117. The fourth-order valence-electron chi connectivity index (χ4n) is 2.60. The molecule has 24 heavy (non-hydrogen) atoms. The molecule has 11 heteroatoms. The van der Waals surface area contributed by atoms with E-state index in [4.69, 9.17) is 35.4 Å². The molecule has 1 saturated carbocycles. The molecule has 130 valence electrons. The largest absolute Gasteiger partial charge is 0.416 e. The zero-order valence-electron chi connectivity index (χ0n) is 11.7. The van der Waals surface area contributed by atoms with Crippen molar-refractivity contribution in [2.24, 2.45) is 5.92 Å². The highest BCUT2D eigenvalue weighted by molar-refractivity contribution is 7.81. The maximum atomic E-state index is 14.2. The van der Waals surface area contributed by atoms with Gasteiger partial charge in [-0.05, 0) is 24.6 Å². The maximum absolute atomic E-state index is 14.2. The van der Waals surface area contributed by atoms with Crippen LogP contribution < -0.4 is 4.90 Å². The van der Waals surface area contributed by atoms with E-state index < -0.39 is 34.8 Å². The van der Waals surface area contributed by atoms with Crippen molar-refractivity contribution in [2.45, 2.75) is 23.7 Å². The molecular formula is C13H9Cl2F4N3OS. The van der Waals surface area contributed by atoms with Crippen LogP contribution in [0, 0.1) is 5.92 Å². The topological polar surface area (TPSA) is 26.8 Å². The molecule has 2 atom stereocenters. The van der Waals surface area contributed by atoms with Crippen LogP contribution in [0.4, 0.5) is 28.1 Å². The number of thiocarbonyl (C=S) groups is 1. The van der Waals surface area contributed by atoms with Crippen molar-refractivity contribution in [3.05, 3.63) is 29.8 Å². The van der Waals surface area contributed by atoms with Gasteiger partial charge in [0.2, 0.25) is 0 Å². The number of urea groups is 1. The van der Waals surface area contributed by atoms with E-state index in [2.05, 4.69) is 0 Å². The predicted molar refractivity (Wildman–Crippen MR) is 84.1 cm³/mol. The quantitative estimate of drug-likeness (QED) is 0.245. The van der Waals surface area contributed by atoms with Crippen molar-refractivity contribution >= 4 is 52.0 Å². The van der Waals surface area contributed by atoms with E-state index >= 15 is 0 Å². The van der Waals surface area contributed by atoms with Crippen molar-refractivity contribution < 1.29 is 22.4 Å². The highest BCUT2D eigenvalue weighted by Gasteiger charge is 2.56. The van der Waals surface area contributed by atoms with Crippen molar-refractivity contribution in [1.29, 1.82) is 0 Å². The highest BCUT2D eigenvalue weighted by Crippen LogP contribution is 2.44. The third-order valence-corrected chi connectivity index (χ3v) is 4.66. The van der Waals surface area contributed by atoms with E-state index in [9.17, 15) is 22.4 Å². The number of hydrogen-bond acceptors (Lipinski definition) is 3. The van der Waals surface area contributed by atoms with Crippen LogP contribution in [0.5, 0.6) is 0 Å². The summed E-state index contributed by atoms with van der Waals surface area (Å²) in [4.78, 5) is 12.3. The van der Waals surface area contributed by atoms with Crippen LogP contribution in [0.15, 0.2) is 24.3 Å². The second kappa shape index (κ2) is 5.98. The van der Waals surface area contributed by atoms with Crippen molar-refractivity contribution in [2.75, 3.05) is 4.90 Å². The first-order valence-corrected chi connectivity index (χ1v) is 7.96. The van der Waals surface area contributed by atoms with Crippen molar-refractivity contribution in [3.63, 3.8) is 0 Å². The first-order chi connectivity index (χ1) is 11.1. The Kier molecular flexibility index (Phi) is 4.40. The van der Waals surface area contributed by atoms with Gasteiger partial charge in [-0.15, -0.1) is 5.01 Å². The SMILES string of the molecule is O=C1N(c2cccc(C(F)(F)F)c2)C(C2CC2=S)N(C(Cl)Cl)N1F. The van der Waals surface area contributed by atoms with Crippen LogP contribution in [0.1, 0.15) is 12.0 Å². The summed E-state index contributed by atoms with van der Waals surface area (Å²) in [6.45, 7) is 0. The van der Waals surface area contributed by atoms with E-state index in [0.717, 1.165) is 28.1 Å². The van der Waals surface area contributed by atoms with Crippen molar-refractivity contribution in [3.8, 4) is 0 Å².